The highest BCUT2D eigenvalue weighted by atomic mass is 32.1. The van der Waals surface area contributed by atoms with Gasteiger partial charge in [0, 0.05) is 21.7 Å². The van der Waals surface area contributed by atoms with E-state index in [1.54, 1.807) is 11.3 Å². The molecule has 0 saturated heterocycles. The van der Waals surface area contributed by atoms with Gasteiger partial charge in [0.1, 0.15) is 0 Å². The van der Waals surface area contributed by atoms with Gasteiger partial charge in [-0.15, -0.1) is 11.3 Å². The summed E-state index contributed by atoms with van der Waals surface area (Å²) in [6.45, 7) is 4.97. The molecule has 1 aromatic heterocycles. The largest absolute Gasteiger partial charge is 0.387 e. The van der Waals surface area contributed by atoms with E-state index < -0.39 is 0 Å². The van der Waals surface area contributed by atoms with Crippen LogP contribution in [0.15, 0.2) is 12.1 Å². The number of hydrogen-bond donors (Lipinski definition) is 2. The molecule has 0 radical (unpaired) electrons. The molecule has 0 spiro atoms. The molecule has 1 aliphatic rings. The Morgan fingerprint density at radius 2 is 2.12 bits per heavy atom. The molecule has 1 fully saturated rings. The van der Waals surface area contributed by atoms with Crippen LogP contribution in [0.25, 0.3) is 0 Å². The first kappa shape index (κ1) is 13.1. The van der Waals surface area contributed by atoms with Crippen LogP contribution >= 0.6 is 11.3 Å². The van der Waals surface area contributed by atoms with Crippen molar-refractivity contribution in [3.63, 3.8) is 0 Å². The van der Waals surface area contributed by atoms with Gasteiger partial charge in [-0.1, -0.05) is 19.8 Å². The number of rotatable bonds is 3. The van der Waals surface area contributed by atoms with Crippen molar-refractivity contribution in [2.75, 3.05) is 6.54 Å². The van der Waals surface area contributed by atoms with Crippen LogP contribution < -0.4 is 5.73 Å². The summed E-state index contributed by atoms with van der Waals surface area (Å²) in [5.41, 5.74) is 5.89. The summed E-state index contributed by atoms with van der Waals surface area (Å²) in [5, 5.41) is 10.6. The number of nitrogens with two attached hydrogens (primary N) is 1. The van der Waals surface area contributed by atoms with E-state index in [-0.39, 0.29) is 11.5 Å². The van der Waals surface area contributed by atoms with Crippen molar-refractivity contribution >= 4 is 11.3 Å². The second-order valence-electron chi connectivity index (χ2n) is 5.60. The van der Waals surface area contributed by atoms with Crippen molar-refractivity contribution in [1.82, 2.24) is 0 Å². The molecule has 1 heterocycles. The molecule has 1 atom stereocenters. The van der Waals surface area contributed by atoms with E-state index in [1.807, 2.05) is 0 Å². The van der Waals surface area contributed by atoms with Gasteiger partial charge in [-0.3, -0.25) is 0 Å². The molecule has 1 unspecified atom stereocenters. The number of hydrogen-bond acceptors (Lipinski definition) is 3. The summed E-state index contributed by atoms with van der Waals surface area (Å²) in [6, 6.07) is 4.14. The molecule has 0 amide bonds. The molecular formula is C14H23NOS. The second kappa shape index (κ2) is 5.09. The molecule has 3 N–H and O–H groups in total. The monoisotopic (exact) mass is 253 g/mol. The molecule has 96 valence electrons. The van der Waals surface area contributed by atoms with Gasteiger partial charge in [-0.05, 0) is 37.8 Å². The Labute approximate surface area is 108 Å². The highest BCUT2D eigenvalue weighted by molar-refractivity contribution is 7.12. The van der Waals surface area contributed by atoms with E-state index in [9.17, 15) is 5.11 Å². The van der Waals surface area contributed by atoms with Gasteiger partial charge in [-0.2, -0.15) is 0 Å². The molecule has 2 rings (SSSR count). The quantitative estimate of drug-likeness (QED) is 0.868. The highest BCUT2D eigenvalue weighted by Crippen LogP contribution is 2.47. The Kier molecular flexibility index (Phi) is 3.91. The third-order valence-electron chi connectivity index (χ3n) is 4.29. The number of aliphatic hydroxyl groups excluding tert-OH is 1. The van der Waals surface area contributed by atoms with E-state index in [4.69, 9.17) is 5.73 Å². The molecule has 0 aromatic carbocycles. The molecule has 1 aliphatic carbocycles. The average Bonchev–Trinajstić information content (AvgIpc) is 2.76. The Hall–Kier alpha value is -0.380. The minimum absolute atomic E-state index is 0.0796. The predicted molar refractivity (Wildman–Crippen MR) is 73.1 cm³/mol. The van der Waals surface area contributed by atoms with E-state index in [1.165, 1.54) is 17.7 Å². The zero-order valence-electron chi connectivity index (χ0n) is 10.8. The van der Waals surface area contributed by atoms with Gasteiger partial charge in [0.05, 0.1) is 6.10 Å². The summed E-state index contributed by atoms with van der Waals surface area (Å²) in [5.74, 6) is 0.784. The SMILES string of the molecule is Cc1ccc(C(O)C2(CN)CCC(C)CC2)s1. The van der Waals surface area contributed by atoms with Crippen molar-refractivity contribution in [1.29, 1.82) is 0 Å². The molecule has 0 bridgehead atoms. The van der Waals surface area contributed by atoms with Gasteiger partial charge in [0.25, 0.3) is 0 Å². The van der Waals surface area contributed by atoms with Gasteiger partial charge >= 0.3 is 0 Å². The van der Waals surface area contributed by atoms with Gasteiger partial charge in [0.2, 0.25) is 0 Å². The fraction of sp³-hybridized carbons (Fsp3) is 0.714. The molecule has 1 aromatic rings. The van der Waals surface area contributed by atoms with Crippen LogP contribution in [0.3, 0.4) is 0 Å². The minimum atomic E-state index is -0.376. The lowest BCUT2D eigenvalue weighted by Gasteiger charge is -2.41. The van der Waals surface area contributed by atoms with Gasteiger partial charge < -0.3 is 10.8 Å². The van der Waals surface area contributed by atoms with Crippen molar-refractivity contribution in [2.24, 2.45) is 17.1 Å². The summed E-state index contributed by atoms with van der Waals surface area (Å²) >= 11 is 1.70. The summed E-state index contributed by atoms with van der Waals surface area (Å²) in [4.78, 5) is 2.35. The lowest BCUT2D eigenvalue weighted by Crippen LogP contribution is -2.39. The first-order valence-corrected chi connectivity index (χ1v) is 7.33. The first-order valence-electron chi connectivity index (χ1n) is 6.52. The molecule has 0 aliphatic heterocycles. The Morgan fingerprint density at radius 3 is 2.59 bits per heavy atom. The fourth-order valence-electron chi connectivity index (χ4n) is 2.83. The standard InChI is InChI=1S/C14H23NOS/c1-10-5-7-14(9-15,8-6-10)13(16)12-4-3-11(2)17-12/h3-4,10,13,16H,5-9,15H2,1-2H3. The number of thiophene rings is 1. The van der Waals surface area contributed by atoms with E-state index >= 15 is 0 Å². The normalized spacial score (nSPS) is 31.4. The van der Waals surface area contributed by atoms with E-state index in [0.29, 0.717) is 6.54 Å². The molecule has 1 saturated carbocycles. The highest BCUT2D eigenvalue weighted by Gasteiger charge is 2.40. The molecule has 17 heavy (non-hydrogen) atoms. The first-order chi connectivity index (χ1) is 8.07. The smallest absolute Gasteiger partial charge is 0.0950 e. The Bertz CT molecular complexity index is 366. The topological polar surface area (TPSA) is 46.2 Å². The summed E-state index contributed by atoms with van der Waals surface area (Å²) < 4.78 is 0. The van der Waals surface area contributed by atoms with Crippen LogP contribution in [0.1, 0.15) is 48.5 Å². The van der Waals surface area contributed by atoms with Crippen molar-refractivity contribution < 1.29 is 5.11 Å². The van der Waals surface area contributed by atoms with Gasteiger partial charge in [0.15, 0.2) is 0 Å². The van der Waals surface area contributed by atoms with Crippen LogP contribution in [-0.2, 0) is 0 Å². The van der Waals surface area contributed by atoms with Crippen molar-refractivity contribution in [3.05, 3.63) is 21.9 Å². The molecular weight excluding hydrogens is 230 g/mol. The lowest BCUT2D eigenvalue weighted by molar-refractivity contribution is -0.00590. The second-order valence-corrected chi connectivity index (χ2v) is 6.92. The third kappa shape index (κ3) is 2.56. The Balaban J connectivity index is 2.17. The van der Waals surface area contributed by atoms with Crippen molar-refractivity contribution in [3.8, 4) is 0 Å². The fourth-order valence-corrected chi connectivity index (χ4v) is 3.83. The maximum Gasteiger partial charge on any atom is 0.0950 e. The summed E-state index contributed by atoms with van der Waals surface area (Å²) in [7, 11) is 0. The summed E-state index contributed by atoms with van der Waals surface area (Å²) in [6.07, 6.45) is 4.13. The third-order valence-corrected chi connectivity index (χ3v) is 5.34. The van der Waals surface area contributed by atoms with E-state index in [2.05, 4.69) is 26.0 Å². The zero-order valence-corrected chi connectivity index (χ0v) is 11.6. The van der Waals surface area contributed by atoms with Crippen LogP contribution in [0.5, 0.6) is 0 Å². The van der Waals surface area contributed by atoms with Crippen LogP contribution in [0.2, 0.25) is 0 Å². The zero-order chi connectivity index (χ0) is 12.5. The maximum absolute atomic E-state index is 10.6. The van der Waals surface area contributed by atoms with Crippen LogP contribution in [0, 0.1) is 18.3 Å². The number of aryl methyl sites for hydroxylation is 1. The van der Waals surface area contributed by atoms with Gasteiger partial charge in [-0.25, -0.2) is 0 Å². The van der Waals surface area contributed by atoms with E-state index in [0.717, 1.165) is 23.6 Å². The Morgan fingerprint density at radius 1 is 1.47 bits per heavy atom. The molecule has 2 nitrogen and oxygen atoms in total. The van der Waals surface area contributed by atoms with Crippen LogP contribution in [0.4, 0.5) is 0 Å². The average molecular weight is 253 g/mol. The minimum Gasteiger partial charge on any atom is -0.387 e. The van der Waals surface area contributed by atoms with Crippen molar-refractivity contribution in [2.45, 2.75) is 45.6 Å². The number of aliphatic hydroxyl groups is 1. The lowest BCUT2D eigenvalue weighted by atomic mass is 9.67. The van der Waals surface area contributed by atoms with Crippen LogP contribution in [-0.4, -0.2) is 11.7 Å². The molecule has 3 heteroatoms. The maximum atomic E-state index is 10.6. The predicted octanol–water partition coefficient (Wildman–Crippen LogP) is 3.25.